The van der Waals surface area contributed by atoms with Gasteiger partial charge in [-0.2, -0.15) is 0 Å². The van der Waals surface area contributed by atoms with E-state index in [-0.39, 0.29) is 24.4 Å². The van der Waals surface area contributed by atoms with Crippen LogP contribution in [0.15, 0.2) is 11.8 Å². The Kier molecular flexibility index (Phi) is 5.26. The summed E-state index contributed by atoms with van der Waals surface area (Å²) in [6, 6.07) is -1.76. The van der Waals surface area contributed by atoms with Crippen molar-refractivity contribution in [3.05, 3.63) is 11.8 Å². The van der Waals surface area contributed by atoms with Crippen LogP contribution in [0.4, 0.5) is 0 Å². The lowest BCUT2D eigenvalue weighted by molar-refractivity contribution is -0.150. The molecule has 0 saturated carbocycles. The number of carboxylic acid groups (broad SMARTS) is 2. The van der Waals surface area contributed by atoms with Crippen molar-refractivity contribution >= 4 is 35.5 Å². The third-order valence-corrected chi connectivity index (χ3v) is 4.80. The summed E-state index contributed by atoms with van der Waals surface area (Å²) in [5.41, 5.74) is 5.28. The van der Waals surface area contributed by atoms with Gasteiger partial charge in [0, 0.05) is 12.2 Å². The van der Waals surface area contributed by atoms with Crippen molar-refractivity contribution in [2.24, 2.45) is 5.73 Å². The molecule has 2 aliphatic heterocycles. The predicted molar refractivity (Wildman–Crippen MR) is 80.2 cm³/mol. The maximum atomic E-state index is 12.0. The van der Waals surface area contributed by atoms with E-state index in [0.717, 1.165) is 0 Å². The highest BCUT2D eigenvalue weighted by molar-refractivity contribution is 8.00. The second-order valence-electron chi connectivity index (χ2n) is 5.21. The number of amides is 2. The molecule has 1 fully saturated rings. The summed E-state index contributed by atoms with van der Waals surface area (Å²) < 4.78 is 0. The number of carbonyl (C=O) groups excluding carboxylic acids is 2. The molecule has 1 unspecified atom stereocenters. The fourth-order valence-electron chi connectivity index (χ4n) is 2.39. The molecular weight excluding hydrogens is 326 g/mol. The normalized spacial score (nSPS) is 24.1. The molecule has 1 saturated heterocycles. The molecule has 3 atom stereocenters. The molecule has 5 N–H and O–H groups in total. The van der Waals surface area contributed by atoms with Gasteiger partial charge in [0.25, 0.3) is 5.91 Å². The highest BCUT2D eigenvalue weighted by Crippen LogP contribution is 2.37. The predicted octanol–water partition coefficient (Wildman–Crippen LogP) is -1.06. The average molecular weight is 343 g/mol. The number of fused-ring (bicyclic) bond motifs is 1. The van der Waals surface area contributed by atoms with Gasteiger partial charge in [-0.05, 0) is 18.9 Å². The molecule has 2 aliphatic rings. The molecule has 2 rings (SSSR count). The molecule has 0 aliphatic carbocycles. The largest absolute Gasteiger partial charge is 0.480 e. The second kappa shape index (κ2) is 7.01. The van der Waals surface area contributed by atoms with Crippen molar-refractivity contribution in [3.8, 4) is 0 Å². The molecule has 0 aromatic rings. The van der Waals surface area contributed by atoms with Crippen LogP contribution >= 0.6 is 11.8 Å². The zero-order valence-electron chi connectivity index (χ0n) is 12.1. The molecule has 126 valence electrons. The lowest BCUT2D eigenvalue weighted by Crippen LogP contribution is -2.70. The summed E-state index contributed by atoms with van der Waals surface area (Å²) in [5, 5.41) is 19.8. The summed E-state index contributed by atoms with van der Waals surface area (Å²) in [6.45, 7) is 0. The maximum absolute atomic E-state index is 12.0. The first-order valence-electron chi connectivity index (χ1n) is 6.98. The van der Waals surface area contributed by atoms with Crippen LogP contribution in [0.1, 0.15) is 19.3 Å². The molecule has 2 amide bonds. The summed E-state index contributed by atoms with van der Waals surface area (Å²) in [4.78, 5) is 46.6. The Balaban J connectivity index is 1.82. The molecule has 0 aromatic carbocycles. The van der Waals surface area contributed by atoms with Gasteiger partial charge in [0.2, 0.25) is 5.91 Å². The van der Waals surface area contributed by atoms with Gasteiger partial charge in [0.1, 0.15) is 23.2 Å². The average Bonchev–Trinajstić information content (AvgIpc) is 2.51. The number of carbonyl (C=O) groups is 4. The first kappa shape index (κ1) is 17.3. The van der Waals surface area contributed by atoms with Gasteiger partial charge in [-0.1, -0.05) is 0 Å². The summed E-state index contributed by atoms with van der Waals surface area (Å²) in [5.74, 6) is -2.67. The van der Waals surface area contributed by atoms with Crippen LogP contribution in [-0.4, -0.2) is 62.1 Å². The Hall–Kier alpha value is -2.07. The van der Waals surface area contributed by atoms with Crippen LogP contribution in [-0.2, 0) is 19.2 Å². The highest BCUT2D eigenvalue weighted by atomic mass is 32.2. The molecular formula is C13H17N3O6S. The Bertz CT molecular complexity index is 578. The van der Waals surface area contributed by atoms with E-state index < -0.39 is 35.3 Å². The van der Waals surface area contributed by atoms with Crippen molar-refractivity contribution in [1.29, 1.82) is 0 Å². The number of nitrogens with two attached hydrogens (primary N) is 1. The summed E-state index contributed by atoms with van der Waals surface area (Å²) in [7, 11) is 0. The first-order chi connectivity index (χ1) is 10.8. The SMILES string of the molecule is NC(CCCC(=O)N[C@@H]1C(=O)N2C(C(=O)O)=CCS[C@@H]12)C(=O)O. The lowest BCUT2D eigenvalue weighted by atomic mass is 10.0. The number of aliphatic carboxylic acids is 2. The minimum absolute atomic E-state index is 0.0586. The maximum Gasteiger partial charge on any atom is 0.352 e. The van der Waals surface area contributed by atoms with E-state index in [4.69, 9.17) is 15.9 Å². The molecule has 2 heterocycles. The van der Waals surface area contributed by atoms with E-state index in [1.807, 2.05) is 0 Å². The van der Waals surface area contributed by atoms with Gasteiger partial charge in [-0.3, -0.25) is 19.3 Å². The van der Waals surface area contributed by atoms with Crippen LogP contribution in [0.5, 0.6) is 0 Å². The number of rotatable bonds is 7. The van der Waals surface area contributed by atoms with Crippen molar-refractivity contribution in [2.75, 3.05) is 5.75 Å². The van der Waals surface area contributed by atoms with E-state index in [0.29, 0.717) is 12.2 Å². The van der Waals surface area contributed by atoms with Gasteiger partial charge < -0.3 is 21.3 Å². The quantitative estimate of drug-likeness (QED) is 0.427. The van der Waals surface area contributed by atoms with Crippen LogP contribution < -0.4 is 11.1 Å². The first-order valence-corrected chi connectivity index (χ1v) is 8.03. The van der Waals surface area contributed by atoms with Crippen LogP contribution in [0, 0.1) is 0 Å². The van der Waals surface area contributed by atoms with E-state index in [2.05, 4.69) is 5.32 Å². The Morgan fingerprint density at radius 1 is 1.43 bits per heavy atom. The second-order valence-corrected chi connectivity index (χ2v) is 6.36. The molecule has 0 aromatic heterocycles. The van der Waals surface area contributed by atoms with Gasteiger partial charge in [-0.15, -0.1) is 11.8 Å². The third kappa shape index (κ3) is 3.64. The van der Waals surface area contributed by atoms with Gasteiger partial charge in [-0.25, -0.2) is 4.79 Å². The Morgan fingerprint density at radius 2 is 2.13 bits per heavy atom. The minimum atomic E-state index is -1.17. The fourth-order valence-corrected chi connectivity index (χ4v) is 3.58. The number of β-lactam (4-membered cyclic amide) rings is 1. The van der Waals surface area contributed by atoms with Crippen LogP contribution in [0.2, 0.25) is 0 Å². The van der Waals surface area contributed by atoms with E-state index in [1.165, 1.54) is 22.7 Å². The number of thioether (sulfide) groups is 1. The van der Waals surface area contributed by atoms with Crippen LogP contribution in [0.25, 0.3) is 0 Å². The van der Waals surface area contributed by atoms with Crippen molar-refractivity contribution in [3.63, 3.8) is 0 Å². The minimum Gasteiger partial charge on any atom is -0.480 e. The lowest BCUT2D eigenvalue weighted by Gasteiger charge is -2.48. The fraction of sp³-hybridized carbons (Fsp3) is 0.538. The number of nitrogens with one attached hydrogen (secondary N) is 1. The zero-order valence-corrected chi connectivity index (χ0v) is 12.9. The Labute approximate surface area is 135 Å². The molecule has 23 heavy (non-hydrogen) atoms. The third-order valence-electron chi connectivity index (χ3n) is 3.62. The Morgan fingerprint density at radius 3 is 2.74 bits per heavy atom. The van der Waals surface area contributed by atoms with Crippen molar-refractivity contribution in [1.82, 2.24) is 10.2 Å². The summed E-state index contributed by atoms with van der Waals surface area (Å²) in [6.07, 6.45) is 1.98. The molecule has 9 nitrogen and oxygen atoms in total. The van der Waals surface area contributed by atoms with Crippen LogP contribution in [0.3, 0.4) is 0 Å². The molecule has 10 heteroatoms. The van der Waals surface area contributed by atoms with Gasteiger partial charge in [0.05, 0.1) is 0 Å². The van der Waals surface area contributed by atoms with Crippen molar-refractivity contribution < 1.29 is 29.4 Å². The molecule has 0 bridgehead atoms. The molecule has 0 spiro atoms. The van der Waals surface area contributed by atoms with E-state index in [9.17, 15) is 19.2 Å². The number of nitrogens with zero attached hydrogens (tertiary/aromatic N) is 1. The standard InChI is InChI=1S/C13H17N3O6S/c14-6(12(19)20)2-1-3-8(17)15-9-10(18)16-7(13(21)22)4-5-23-11(9)16/h4,6,9,11H,1-3,5,14H2,(H,15,17)(H,19,20)(H,21,22)/t6?,9-,11+/m1/s1. The van der Waals surface area contributed by atoms with E-state index >= 15 is 0 Å². The van der Waals surface area contributed by atoms with Gasteiger partial charge >= 0.3 is 11.9 Å². The smallest absolute Gasteiger partial charge is 0.352 e. The van der Waals surface area contributed by atoms with E-state index in [1.54, 1.807) is 0 Å². The van der Waals surface area contributed by atoms with Gasteiger partial charge in [0.15, 0.2) is 0 Å². The number of hydrogen-bond donors (Lipinski definition) is 4. The topological polar surface area (TPSA) is 150 Å². The monoisotopic (exact) mass is 343 g/mol. The zero-order chi connectivity index (χ0) is 17.1. The molecule has 0 radical (unpaired) electrons. The summed E-state index contributed by atoms with van der Waals surface area (Å²) >= 11 is 1.37. The number of hydrogen-bond acceptors (Lipinski definition) is 6. The highest BCUT2D eigenvalue weighted by Gasteiger charge is 2.52. The number of carboxylic acids is 2. The van der Waals surface area contributed by atoms with Crippen molar-refractivity contribution in [2.45, 2.75) is 36.7 Å².